The molecular formula is C52H52ClN13O10S4. The molecule has 7 rings (SSSR count). The number of aryl methyl sites for hydroxylation is 1. The predicted molar refractivity (Wildman–Crippen MR) is 309 cm³/mol. The van der Waals surface area contributed by atoms with E-state index in [2.05, 4.69) is 62.6 Å². The minimum Gasteiger partial charge on any atom is -0.493 e. The molecule has 5 N–H and O–H groups in total. The number of anilines is 2. The number of para-hydroxylation sites is 2. The number of pyridine rings is 1. The number of ether oxygens (including phenoxy) is 1. The topological polar surface area (TPSA) is 336 Å². The van der Waals surface area contributed by atoms with Gasteiger partial charge in [-0.05, 0) is 117 Å². The Morgan fingerprint density at radius 1 is 0.713 bits per heavy atom. The van der Waals surface area contributed by atoms with E-state index >= 15 is 0 Å². The molecule has 0 spiro atoms. The van der Waals surface area contributed by atoms with E-state index in [1.54, 1.807) is 86.6 Å². The Morgan fingerprint density at radius 3 is 1.80 bits per heavy atom. The molecule has 5 aromatic carbocycles. The zero-order chi connectivity index (χ0) is 57.7. The van der Waals surface area contributed by atoms with Crippen molar-refractivity contribution in [1.82, 2.24) is 9.38 Å². The van der Waals surface area contributed by atoms with Crippen molar-refractivity contribution in [1.29, 1.82) is 5.26 Å². The molecule has 23 nitrogen and oxygen atoms in total. The minimum atomic E-state index is -4.30. The van der Waals surface area contributed by atoms with Gasteiger partial charge in [0.25, 0.3) is 20.2 Å². The molecule has 7 aromatic rings. The Kier molecular flexibility index (Phi) is 20.2. The van der Waals surface area contributed by atoms with Gasteiger partial charge in [-0.25, -0.2) is 4.98 Å². The van der Waals surface area contributed by atoms with Gasteiger partial charge in [-0.1, -0.05) is 37.1 Å². The first-order valence-electron chi connectivity index (χ1n) is 24.4. The van der Waals surface area contributed by atoms with Crippen LogP contribution in [0, 0.1) is 25.2 Å². The number of thioether (sulfide) groups is 2. The Balaban J connectivity index is 1.30. The van der Waals surface area contributed by atoms with Gasteiger partial charge in [-0.15, -0.1) is 54.2 Å². The molecule has 0 atom stereocenters. The van der Waals surface area contributed by atoms with Crippen LogP contribution in [-0.4, -0.2) is 81.9 Å². The Bertz CT molecular complexity index is 3910. The molecule has 416 valence electrons. The van der Waals surface area contributed by atoms with E-state index in [0.29, 0.717) is 61.4 Å². The van der Waals surface area contributed by atoms with E-state index in [1.165, 1.54) is 42.1 Å². The molecule has 2 amide bonds. The van der Waals surface area contributed by atoms with Crippen LogP contribution in [0.25, 0.3) is 16.7 Å². The number of nitrogens with zero attached hydrogens (tertiary/aromatic N) is 11. The number of hydrogen-bond acceptors (Lipinski definition) is 20. The van der Waals surface area contributed by atoms with E-state index in [-0.39, 0.29) is 92.7 Å². The number of carbonyl (C=O) groups is 2. The summed E-state index contributed by atoms with van der Waals surface area (Å²) in [5.41, 5.74) is 4.70. The number of halogens is 1. The summed E-state index contributed by atoms with van der Waals surface area (Å²) >= 11 is 8.38. The van der Waals surface area contributed by atoms with Gasteiger partial charge in [0.2, 0.25) is 17.7 Å². The smallest absolute Gasteiger partial charge is 0.264 e. The van der Waals surface area contributed by atoms with Crippen LogP contribution in [0.15, 0.2) is 136 Å². The largest absolute Gasteiger partial charge is 0.493 e. The van der Waals surface area contributed by atoms with Crippen molar-refractivity contribution in [3.8, 4) is 17.7 Å². The van der Waals surface area contributed by atoms with E-state index < -0.39 is 43.6 Å². The highest BCUT2D eigenvalue weighted by Crippen LogP contribution is 2.45. The first-order chi connectivity index (χ1) is 38.1. The van der Waals surface area contributed by atoms with Gasteiger partial charge in [-0.2, -0.15) is 32.3 Å². The number of rotatable bonds is 24. The van der Waals surface area contributed by atoms with Gasteiger partial charge in [0.15, 0.2) is 11.3 Å². The van der Waals surface area contributed by atoms with Crippen LogP contribution in [0.3, 0.4) is 0 Å². The fourth-order valence-corrected chi connectivity index (χ4v) is 11.0. The molecule has 0 aliphatic carbocycles. The average Bonchev–Trinajstić information content (AvgIpc) is 3.94. The highest BCUT2D eigenvalue weighted by molar-refractivity contribution is 7.99. The number of amides is 2. The summed E-state index contributed by atoms with van der Waals surface area (Å²) in [7, 11) is -8.57. The zero-order valence-electron chi connectivity index (χ0n) is 43.6. The molecule has 0 aliphatic heterocycles. The average molecular weight is 1180 g/mol. The van der Waals surface area contributed by atoms with Crippen LogP contribution in [-0.2, 0) is 29.8 Å². The minimum absolute atomic E-state index is 0.0334. The third-order valence-electron chi connectivity index (χ3n) is 11.4. The number of aromatic hydroxyl groups is 1. The molecular weight excluding hydrogens is 1130 g/mol. The number of nitriles is 1. The van der Waals surface area contributed by atoms with E-state index in [9.17, 15) is 45.9 Å². The second-order valence-electron chi connectivity index (χ2n) is 17.6. The highest BCUT2D eigenvalue weighted by Gasteiger charge is 2.22. The number of azo groups is 4. The molecule has 0 saturated heterocycles. The van der Waals surface area contributed by atoms with Crippen LogP contribution in [0.5, 0.6) is 11.6 Å². The third-order valence-corrected chi connectivity index (χ3v) is 15.5. The molecule has 0 unspecified atom stereocenters. The number of nitrogens with one attached hydrogen (secondary N) is 2. The van der Waals surface area contributed by atoms with E-state index in [4.69, 9.17) is 16.3 Å². The Hall–Kier alpha value is -7.71. The van der Waals surface area contributed by atoms with E-state index in [1.807, 2.05) is 6.92 Å². The van der Waals surface area contributed by atoms with Crippen molar-refractivity contribution in [2.45, 2.75) is 70.1 Å². The molecule has 2 heterocycles. The number of aromatic nitrogens is 2. The number of benzene rings is 5. The Labute approximate surface area is 473 Å². The number of carbonyl (C=O) groups excluding carboxylic acids is 2. The second kappa shape index (κ2) is 27.0. The van der Waals surface area contributed by atoms with Crippen molar-refractivity contribution in [2.24, 2.45) is 40.9 Å². The monoisotopic (exact) mass is 1180 g/mol. The van der Waals surface area contributed by atoms with Crippen molar-refractivity contribution in [3.63, 3.8) is 0 Å². The lowest BCUT2D eigenvalue weighted by Crippen LogP contribution is -2.06. The summed E-state index contributed by atoms with van der Waals surface area (Å²) in [6.07, 6.45) is 1.60. The second-order valence-corrected chi connectivity index (χ2v) is 23.5. The molecule has 2 aromatic heterocycles. The quantitative estimate of drug-likeness (QED) is 0.0163. The number of unbranched alkanes of at least 4 members (excludes halogenated alkanes) is 1. The molecule has 0 aliphatic rings. The number of fused-ring (bicyclic) bond motifs is 3. The molecule has 28 heteroatoms. The standard InChI is InChI=1S/C52H52ClN13O10S4/c1-6-7-18-76-47-26-38(30(2)23-43(47)62-65-50-31(3)36(29-54)51-57-37-12-8-9-13-46(37)66(51)52(50)69)59-63-44-25-40(56-33(5)68)42(28-49(44)78-20-11-22-80(73,74)75)61-64-45-24-39(55-32(4)67)41(60-58-35-16-14-34(53)15-17-35)27-48(45)77-19-10-21-79(70,71)72/h8-9,12-17,23-28,69H,6-7,10-11,18-22H2,1-5H3,(H,55,67)(H,56,68)(H,70,71,72)(H,73,74,75). The summed E-state index contributed by atoms with van der Waals surface area (Å²) in [5, 5.41) is 63.7. The van der Waals surface area contributed by atoms with Gasteiger partial charge in [0.1, 0.15) is 45.8 Å². The van der Waals surface area contributed by atoms with Gasteiger partial charge in [0.05, 0.1) is 51.9 Å². The fraction of sp³-hybridized carbons (Fsp3) is 0.269. The van der Waals surface area contributed by atoms with Gasteiger partial charge in [-0.3, -0.25) is 23.1 Å². The lowest BCUT2D eigenvalue weighted by molar-refractivity contribution is -0.115. The predicted octanol–water partition coefficient (Wildman–Crippen LogP) is 14.8. The maximum Gasteiger partial charge on any atom is 0.264 e. The number of imidazole rings is 1. The summed E-state index contributed by atoms with van der Waals surface area (Å²) in [6, 6.07) is 25.3. The molecule has 0 bridgehead atoms. The lowest BCUT2D eigenvalue weighted by Gasteiger charge is -2.13. The summed E-state index contributed by atoms with van der Waals surface area (Å²) < 4.78 is 73.1. The summed E-state index contributed by atoms with van der Waals surface area (Å²) in [6.45, 7) is 8.29. The van der Waals surface area contributed by atoms with Gasteiger partial charge < -0.3 is 20.5 Å². The maximum absolute atomic E-state index is 12.8. The third kappa shape index (κ3) is 16.2. The van der Waals surface area contributed by atoms with Gasteiger partial charge in [0, 0.05) is 40.3 Å². The molecule has 80 heavy (non-hydrogen) atoms. The van der Waals surface area contributed by atoms with Crippen LogP contribution < -0.4 is 15.4 Å². The fourth-order valence-electron chi connectivity index (χ4n) is 7.54. The zero-order valence-corrected chi connectivity index (χ0v) is 47.6. The maximum atomic E-state index is 12.8. The summed E-state index contributed by atoms with van der Waals surface area (Å²) in [4.78, 5) is 30.6. The van der Waals surface area contributed by atoms with Crippen molar-refractivity contribution in [3.05, 3.63) is 107 Å². The van der Waals surface area contributed by atoms with Crippen LogP contribution in [0.1, 0.15) is 63.1 Å². The Morgan fingerprint density at radius 2 is 1.25 bits per heavy atom. The van der Waals surface area contributed by atoms with Crippen molar-refractivity contribution in [2.75, 3.05) is 40.3 Å². The van der Waals surface area contributed by atoms with Crippen molar-refractivity contribution < 1.29 is 45.4 Å². The van der Waals surface area contributed by atoms with Gasteiger partial charge >= 0.3 is 0 Å². The van der Waals surface area contributed by atoms with Crippen molar-refractivity contribution >= 4 is 141 Å². The first-order valence-corrected chi connectivity index (χ1v) is 30.0. The van der Waals surface area contributed by atoms with Crippen LogP contribution in [0.2, 0.25) is 5.02 Å². The number of hydrogen-bond donors (Lipinski definition) is 5. The highest BCUT2D eigenvalue weighted by atomic mass is 35.5. The lowest BCUT2D eigenvalue weighted by atomic mass is 10.1. The summed E-state index contributed by atoms with van der Waals surface area (Å²) in [5.74, 6) is -1.61. The van der Waals surface area contributed by atoms with Crippen LogP contribution in [0.4, 0.5) is 56.9 Å². The molecule has 0 radical (unpaired) electrons. The SMILES string of the molecule is CCCCOc1cc(N=Nc2cc(NC(C)=O)c(N=Nc3cc(NC(C)=O)c(N=Nc4ccc(Cl)cc4)cc3SCCCS(=O)(=O)O)cc2SCCCS(=O)(=O)O)c(C)cc1N=Nc1c(C)c(C#N)c2nc3ccccc3n2c1O. The normalized spacial score (nSPS) is 12.2. The molecule has 0 fully saturated rings. The molecule has 0 saturated carbocycles. The van der Waals surface area contributed by atoms with E-state index in [0.717, 1.165) is 18.2 Å². The van der Waals surface area contributed by atoms with Crippen LogP contribution >= 0.6 is 35.1 Å². The first kappa shape index (κ1) is 59.9.